The van der Waals surface area contributed by atoms with Crippen molar-refractivity contribution in [3.63, 3.8) is 0 Å². The molecule has 0 radical (unpaired) electrons. The van der Waals surface area contributed by atoms with E-state index in [1.165, 1.54) is 0 Å². The third-order valence-electron chi connectivity index (χ3n) is 2.59. The Kier molecular flexibility index (Phi) is 3.82. The first-order chi connectivity index (χ1) is 8.77. The first kappa shape index (κ1) is 12.4. The third-order valence-corrected chi connectivity index (χ3v) is 2.59. The van der Waals surface area contributed by atoms with Crippen molar-refractivity contribution in [1.82, 2.24) is 0 Å². The molecule has 2 rings (SSSR count). The molecule has 18 heavy (non-hydrogen) atoms. The number of hydrogen-bond acceptors (Lipinski definition) is 5. The highest BCUT2D eigenvalue weighted by Gasteiger charge is 2.46. The first-order valence-corrected chi connectivity index (χ1v) is 5.82. The zero-order valence-electron chi connectivity index (χ0n) is 10.2. The van der Waals surface area contributed by atoms with Crippen LogP contribution in [0.3, 0.4) is 0 Å². The smallest absolute Gasteiger partial charge is 0.357 e. The topological polar surface area (TPSA) is 57.1 Å². The lowest BCUT2D eigenvalue weighted by molar-refractivity contribution is -0.172. The fraction of sp³-hybridized carbons (Fsp3) is 0.385. The van der Waals surface area contributed by atoms with Crippen LogP contribution >= 0.6 is 0 Å². The molecule has 0 aliphatic carbocycles. The van der Waals surface area contributed by atoms with Gasteiger partial charge in [-0.3, -0.25) is 0 Å². The predicted molar refractivity (Wildman–Crippen MR) is 65.5 cm³/mol. The van der Waals surface area contributed by atoms with Gasteiger partial charge in [0.15, 0.2) is 0 Å². The molecule has 1 aromatic rings. The number of rotatable bonds is 5. The summed E-state index contributed by atoms with van der Waals surface area (Å²) in [5.74, 6) is 0.232. The molecule has 0 fully saturated rings. The van der Waals surface area contributed by atoms with Crippen LogP contribution in [0.1, 0.15) is 13.3 Å². The lowest BCUT2D eigenvalue weighted by Gasteiger charge is -2.23. The van der Waals surface area contributed by atoms with Crippen molar-refractivity contribution in [3.8, 4) is 5.75 Å². The van der Waals surface area contributed by atoms with Crippen LogP contribution in [0, 0.1) is 0 Å². The van der Waals surface area contributed by atoms with Gasteiger partial charge < -0.3 is 14.3 Å². The van der Waals surface area contributed by atoms with Gasteiger partial charge >= 0.3 is 5.97 Å². The quantitative estimate of drug-likeness (QED) is 0.746. The molecule has 0 bridgehead atoms. The Balaban J connectivity index is 2.01. The predicted octanol–water partition coefficient (Wildman–Crippen LogP) is 1.77. The van der Waals surface area contributed by atoms with Crippen molar-refractivity contribution in [2.45, 2.75) is 18.9 Å². The Morgan fingerprint density at radius 1 is 1.44 bits per heavy atom. The maximum Gasteiger partial charge on any atom is 0.357 e. The number of oxime groups is 1. The second-order valence-electron chi connectivity index (χ2n) is 3.90. The maximum absolute atomic E-state index is 11.9. The van der Waals surface area contributed by atoms with Gasteiger partial charge in [-0.1, -0.05) is 23.4 Å². The van der Waals surface area contributed by atoms with Gasteiger partial charge in [0.05, 0.1) is 6.61 Å². The molecule has 5 nitrogen and oxygen atoms in total. The molecular formula is C13H15NO4. The molecule has 0 N–H and O–H groups in total. The number of para-hydroxylation sites is 1. The van der Waals surface area contributed by atoms with Crippen molar-refractivity contribution in [2.24, 2.45) is 5.16 Å². The highest BCUT2D eigenvalue weighted by Crippen LogP contribution is 2.24. The minimum Gasteiger partial charge on any atom is -0.489 e. The fourth-order valence-corrected chi connectivity index (χ4v) is 1.60. The molecule has 5 heteroatoms. The number of benzene rings is 1. The van der Waals surface area contributed by atoms with Crippen molar-refractivity contribution in [2.75, 3.05) is 13.2 Å². The minimum absolute atomic E-state index is 0.0792. The fourth-order valence-electron chi connectivity index (χ4n) is 1.60. The highest BCUT2D eigenvalue weighted by molar-refractivity contribution is 5.85. The van der Waals surface area contributed by atoms with Crippen LogP contribution < -0.4 is 4.74 Å². The van der Waals surface area contributed by atoms with Crippen molar-refractivity contribution >= 4 is 12.2 Å². The van der Waals surface area contributed by atoms with Crippen LogP contribution in [0.15, 0.2) is 35.5 Å². The molecule has 96 valence electrons. The standard InChI is InChI=1S/C13H15NO4/c1-2-16-12(15)13(8-9-14-18-13)10-17-11-6-4-3-5-7-11/h3-7,9H,2,8,10H2,1H3. The van der Waals surface area contributed by atoms with E-state index in [-0.39, 0.29) is 6.61 Å². The van der Waals surface area contributed by atoms with E-state index in [2.05, 4.69) is 5.16 Å². The summed E-state index contributed by atoms with van der Waals surface area (Å²) in [5.41, 5.74) is -1.15. The molecule has 0 saturated carbocycles. The summed E-state index contributed by atoms with van der Waals surface area (Å²) in [6.07, 6.45) is 1.91. The Hall–Kier alpha value is -2.04. The number of esters is 1. The van der Waals surface area contributed by atoms with Gasteiger partial charge in [0, 0.05) is 12.6 Å². The van der Waals surface area contributed by atoms with Crippen molar-refractivity contribution in [1.29, 1.82) is 0 Å². The molecule has 1 aliphatic heterocycles. The van der Waals surface area contributed by atoms with Gasteiger partial charge in [-0.05, 0) is 19.1 Å². The lowest BCUT2D eigenvalue weighted by atomic mass is 10.0. The summed E-state index contributed by atoms with van der Waals surface area (Å²) in [6.45, 7) is 2.13. The van der Waals surface area contributed by atoms with Crippen molar-refractivity contribution in [3.05, 3.63) is 30.3 Å². The van der Waals surface area contributed by atoms with Gasteiger partial charge in [-0.15, -0.1) is 0 Å². The monoisotopic (exact) mass is 249 g/mol. The molecule has 0 aromatic heterocycles. The van der Waals surface area contributed by atoms with E-state index in [0.29, 0.717) is 18.8 Å². The van der Waals surface area contributed by atoms with Gasteiger partial charge in [-0.25, -0.2) is 4.79 Å². The normalized spacial score (nSPS) is 21.4. The Bertz CT molecular complexity index is 422. The third kappa shape index (κ3) is 2.61. The Morgan fingerprint density at radius 2 is 2.22 bits per heavy atom. The van der Waals surface area contributed by atoms with Gasteiger partial charge in [0.25, 0.3) is 5.60 Å². The molecule has 0 spiro atoms. The second kappa shape index (κ2) is 5.53. The summed E-state index contributed by atoms with van der Waals surface area (Å²) >= 11 is 0. The van der Waals surface area contributed by atoms with Crippen LogP contribution in [0.5, 0.6) is 5.75 Å². The molecule has 0 amide bonds. The minimum atomic E-state index is -1.15. The first-order valence-electron chi connectivity index (χ1n) is 5.82. The van der Waals surface area contributed by atoms with Crippen LogP contribution in [0.25, 0.3) is 0 Å². The SMILES string of the molecule is CCOC(=O)C1(COc2ccccc2)CC=NO1. The molecule has 0 saturated heterocycles. The zero-order chi connectivity index (χ0) is 12.8. The number of carbonyl (C=O) groups excluding carboxylic acids is 1. The zero-order valence-corrected chi connectivity index (χ0v) is 10.2. The van der Waals surface area contributed by atoms with E-state index in [4.69, 9.17) is 14.3 Å². The average Bonchev–Trinajstić information content (AvgIpc) is 2.88. The maximum atomic E-state index is 11.9. The summed E-state index contributed by atoms with van der Waals surface area (Å²) < 4.78 is 10.5. The Morgan fingerprint density at radius 3 is 2.83 bits per heavy atom. The summed E-state index contributed by atoms with van der Waals surface area (Å²) in [5, 5.41) is 3.65. The molecule has 1 atom stereocenters. The lowest BCUT2D eigenvalue weighted by Crippen LogP contribution is -2.45. The average molecular weight is 249 g/mol. The highest BCUT2D eigenvalue weighted by atomic mass is 16.7. The van der Waals surface area contributed by atoms with Crippen molar-refractivity contribution < 1.29 is 19.1 Å². The molecule has 1 unspecified atom stereocenters. The van der Waals surface area contributed by atoms with E-state index in [1.807, 2.05) is 30.3 Å². The molecule has 1 aromatic carbocycles. The van der Waals surface area contributed by atoms with E-state index < -0.39 is 11.6 Å². The summed E-state index contributed by atoms with van der Waals surface area (Å²) in [4.78, 5) is 17.0. The van der Waals surface area contributed by atoms with Crippen LogP contribution in [0.2, 0.25) is 0 Å². The molecule has 1 aliphatic rings. The summed E-state index contributed by atoms with van der Waals surface area (Å²) in [7, 11) is 0. The number of hydrogen-bond donors (Lipinski definition) is 0. The van der Waals surface area contributed by atoms with E-state index >= 15 is 0 Å². The van der Waals surface area contributed by atoms with Crippen LogP contribution in [-0.2, 0) is 14.4 Å². The molecule has 1 heterocycles. The second-order valence-corrected chi connectivity index (χ2v) is 3.90. The largest absolute Gasteiger partial charge is 0.489 e. The van der Waals surface area contributed by atoms with Gasteiger partial charge in [0.1, 0.15) is 12.4 Å². The van der Waals surface area contributed by atoms with Gasteiger partial charge in [0.2, 0.25) is 0 Å². The number of nitrogens with zero attached hydrogens (tertiary/aromatic N) is 1. The van der Waals surface area contributed by atoms with Crippen LogP contribution in [0.4, 0.5) is 0 Å². The van der Waals surface area contributed by atoms with E-state index in [0.717, 1.165) is 0 Å². The van der Waals surface area contributed by atoms with Gasteiger partial charge in [-0.2, -0.15) is 0 Å². The number of ether oxygens (including phenoxy) is 2. The summed E-state index contributed by atoms with van der Waals surface area (Å²) in [6, 6.07) is 9.24. The molecular weight excluding hydrogens is 234 g/mol. The van der Waals surface area contributed by atoms with Crippen LogP contribution in [-0.4, -0.2) is 31.0 Å². The van der Waals surface area contributed by atoms with E-state index in [9.17, 15) is 4.79 Å². The van der Waals surface area contributed by atoms with E-state index in [1.54, 1.807) is 13.1 Å². The number of carbonyl (C=O) groups is 1. The Labute approximate surface area is 105 Å².